The first-order valence-electron chi connectivity index (χ1n) is 7.45. The first-order chi connectivity index (χ1) is 12.4. The molecule has 3 rings (SSSR count). The monoisotopic (exact) mass is 390 g/mol. The van der Waals surface area contributed by atoms with E-state index in [2.05, 4.69) is 10.4 Å². The summed E-state index contributed by atoms with van der Waals surface area (Å²) in [5, 5.41) is 18.6. The van der Waals surface area contributed by atoms with Crippen LogP contribution in [0.5, 0.6) is 0 Å². The van der Waals surface area contributed by atoms with Gasteiger partial charge in [0.15, 0.2) is 5.82 Å². The largest absolute Gasteiger partial charge is 0.305 e. The number of nitrogens with one attached hydrogen (secondary N) is 1. The number of halogens is 2. The second-order valence-electron chi connectivity index (χ2n) is 5.39. The Hall–Kier alpha value is -2.90. The van der Waals surface area contributed by atoms with Crippen molar-refractivity contribution in [3.8, 4) is 0 Å². The lowest BCUT2D eigenvalue weighted by atomic mass is 10.2. The van der Waals surface area contributed by atoms with E-state index in [0.717, 1.165) is 5.56 Å². The fraction of sp³-hybridized carbons (Fsp3) is 0.0588. The van der Waals surface area contributed by atoms with Crippen molar-refractivity contribution in [1.82, 2.24) is 9.78 Å². The molecule has 7 nitrogen and oxygen atoms in total. The molecule has 0 spiro atoms. The van der Waals surface area contributed by atoms with Gasteiger partial charge in [-0.05, 0) is 29.8 Å². The summed E-state index contributed by atoms with van der Waals surface area (Å²) in [6.07, 6.45) is 1.70. The maximum absolute atomic E-state index is 12.2. The first-order valence-corrected chi connectivity index (χ1v) is 8.21. The van der Waals surface area contributed by atoms with Crippen LogP contribution in [0.1, 0.15) is 15.9 Å². The van der Waals surface area contributed by atoms with E-state index < -0.39 is 10.8 Å². The van der Waals surface area contributed by atoms with Crippen molar-refractivity contribution in [2.45, 2.75) is 6.54 Å². The molecule has 2 aromatic carbocycles. The fourth-order valence-corrected chi connectivity index (χ4v) is 2.73. The lowest BCUT2D eigenvalue weighted by Gasteiger charge is -2.05. The van der Waals surface area contributed by atoms with Crippen LogP contribution < -0.4 is 5.32 Å². The van der Waals surface area contributed by atoms with Gasteiger partial charge >= 0.3 is 0 Å². The number of carbonyl (C=O) groups excluding carboxylic acids is 1. The van der Waals surface area contributed by atoms with E-state index in [-0.39, 0.29) is 5.69 Å². The van der Waals surface area contributed by atoms with Crippen molar-refractivity contribution < 1.29 is 9.72 Å². The van der Waals surface area contributed by atoms with Crippen LogP contribution in [0.15, 0.2) is 54.7 Å². The zero-order valence-electron chi connectivity index (χ0n) is 13.2. The van der Waals surface area contributed by atoms with Crippen LogP contribution in [0.3, 0.4) is 0 Å². The molecule has 9 heteroatoms. The van der Waals surface area contributed by atoms with Gasteiger partial charge in [-0.25, -0.2) is 0 Å². The summed E-state index contributed by atoms with van der Waals surface area (Å²) < 4.78 is 1.63. The summed E-state index contributed by atoms with van der Waals surface area (Å²) in [6.45, 7) is 0.420. The molecule has 0 fully saturated rings. The molecule has 0 aliphatic heterocycles. The Morgan fingerprint density at radius 1 is 1.15 bits per heavy atom. The number of benzene rings is 2. The number of hydrogen-bond acceptors (Lipinski definition) is 4. The van der Waals surface area contributed by atoms with Crippen molar-refractivity contribution in [2.24, 2.45) is 0 Å². The molecule has 0 bridgehead atoms. The molecular weight excluding hydrogens is 379 g/mol. The van der Waals surface area contributed by atoms with Crippen LogP contribution in [-0.2, 0) is 6.54 Å². The maximum atomic E-state index is 12.2. The number of hydrogen-bond donors (Lipinski definition) is 1. The van der Waals surface area contributed by atoms with Gasteiger partial charge < -0.3 is 5.32 Å². The second kappa shape index (κ2) is 7.55. The van der Waals surface area contributed by atoms with Crippen LogP contribution >= 0.6 is 23.2 Å². The van der Waals surface area contributed by atoms with Crippen LogP contribution in [0, 0.1) is 10.1 Å². The van der Waals surface area contributed by atoms with Crippen LogP contribution in [-0.4, -0.2) is 20.6 Å². The summed E-state index contributed by atoms with van der Waals surface area (Å²) >= 11 is 12.0. The highest BCUT2D eigenvalue weighted by Crippen LogP contribution is 2.22. The third kappa shape index (κ3) is 4.19. The number of aromatic nitrogens is 2. The van der Waals surface area contributed by atoms with E-state index in [1.165, 1.54) is 24.3 Å². The van der Waals surface area contributed by atoms with Gasteiger partial charge in [0.25, 0.3) is 11.6 Å². The number of nitrogens with zero attached hydrogens (tertiary/aromatic N) is 3. The van der Waals surface area contributed by atoms with Gasteiger partial charge in [0.05, 0.1) is 11.5 Å². The Morgan fingerprint density at radius 3 is 2.54 bits per heavy atom. The molecule has 0 saturated carbocycles. The molecular formula is C17H12Cl2N4O3. The zero-order chi connectivity index (χ0) is 18.7. The summed E-state index contributed by atoms with van der Waals surface area (Å²) in [7, 11) is 0. The van der Waals surface area contributed by atoms with E-state index in [1.807, 2.05) is 6.07 Å². The molecule has 132 valence electrons. The van der Waals surface area contributed by atoms with Crippen LogP contribution in [0.4, 0.5) is 11.5 Å². The normalized spacial score (nSPS) is 10.5. The van der Waals surface area contributed by atoms with E-state index in [1.54, 1.807) is 29.1 Å². The Balaban J connectivity index is 1.67. The molecule has 0 radical (unpaired) electrons. The third-order valence-corrected chi connectivity index (χ3v) is 4.16. The van der Waals surface area contributed by atoms with Gasteiger partial charge in [0.1, 0.15) is 0 Å². The number of amides is 1. The lowest BCUT2D eigenvalue weighted by molar-refractivity contribution is -0.384. The van der Waals surface area contributed by atoms with E-state index in [4.69, 9.17) is 23.2 Å². The number of nitro benzene ring substituents is 1. The molecule has 0 aliphatic carbocycles. The summed E-state index contributed by atoms with van der Waals surface area (Å²) in [5.41, 5.74) is 1.06. The van der Waals surface area contributed by atoms with Gasteiger partial charge in [-0.1, -0.05) is 29.3 Å². The summed E-state index contributed by atoms with van der Waals surface area (Å²) in [5.74, 6) is -0.0480. The quantitative estimate of drug-likeness (QED) is 0.516. The summed E-state index contributed by atoms with van der Waals surface area (Å²) in [6, 6.07) is 12.2. The second-order valence-corrected chi connectivity index (χ2v) is 6.24. The molecule has 1 aromatic heterocycles. The van der Waals surface area contributed by atoms with Crippen molar-refractivity contribution in [2.75, 3.05) is 5.32 Å². The summed E-state index contributed by atoms with van der Waals surface area (Å²) in [4.78, 5) is 22.3. The minimum Gasteiger partial charge on any atom is -0.305 e. The number of nitro groups is 1. The Kier molecular flexibility index (Phi) is 5.20. The molecule has 3 aromatic rings. The van der Waals surface area contributed by atoms with E-state index >= 15 is 0 Å². The SMILES string of the molecule is O=C(Nc1ccn(Cc2ccc(Cl)cc2Cl)n1)c1ccc([N+](=O)[O-])cc1. The Labute approximate surface area is 158 Å². The number of carbonyl (C=O) groups is 1. The Bertz CT molecular complexity index is 970. The van der Waals surface area contributed by atoms with E-state index in [9.17, 15) is 14.9 Å². The number of non-ortho nitro benzene ring substituents is 1. The molecule has 26 heavy (non-hydrogen) atoms. The first kappa shape index (κ1) is 17.9. The lowest BCUT2D eigenvalue weighted by Crippen LogP contribution is -2.13. The highest BCUT2D eigenvalue weighted by Gasteiger charge is 2.11. The van der Waals surface area contributed by atoms with Gasteiger partial charge in [0.2, 0.25) is 0 Å². The maximum Gasteiger partial charge on any atom is 0.269 e. The number of rotatable bonds is 5. The van der Waals surface area contributed by atoms with Gasteiger partial charge in [0, 0.05) is 40.0 Å². The molecule has 1 amide bonds. The minimum absolute atomic E-state index is 0.0781. The number of anilines is 1. The molecule has 1 heterocycles. The average molecular weight is 391 g/mol. The molecule has 0 unspecified atom stereocenters. The highest BCUT2D eigenvalue weighted by molar-refractivity contribution is 6.35. The standard InChI is InChI=1S/C17H12Cl2N4O3/c18-13-4-1-12(15(19)9-13)10-22-8-7-16(21-22)20-17(24)11-2-5-14(6-3-11)23(25)26/h1-9H,10H2,(H,20,21,24). The average Bonchev–Trinajstić information content (AvgIpc) is 3.04. The van der Waals surface area contributed by atoms with Crippen molar-refractivity contribution in [1.29, 1.82) is 0 Å². The van der Waals surface area contributed by atoms with Crippen molar-refractivity contribution in [3.05, 3.63) is 86.0 Å². The predicted molar refractivity (Wildman–Crippen MR) is 98.8 cm³/mol. The predicted octanol–water partition coefficient (Wildman–Crippen LogP) is 4.40. The molecule has 0 saturated heterocycles. The molecule has 0 atom stereocenters. The fourth-order valence-electron chi connectivity index (χ4n) is 2.26. The topological polar surface area (TPSA) is 90.1 Å². The third-order valence-electron chi connectivity index (χ3n) is 3.57. The molecule has 0 aliphatic rings. The van der Waals surface area contributed by atoms with Crippen LogP contribution in [0.25, 0.3) is 0 Å². The van der Waals surface area contributed by atoms with Crippen molar-refractivity contribution in [3.63, 3.8) is 0 Å². The van der Waals surface area contributed by atoms with E-state index in [0.29, 0.717) is 28.0 Å². The van der Waals surface area contributed by atoms with Gasteiger partial charge in [-0.2, -0.15) is 5.10 Å². The van der Waals surface area contributed by atoms with Gasteiger partial charge in [-0.3, -0.25) is 19.6 Å². The smallest absolute Gasteiger partial charge is 0.269 e. The van der Waals surface area contributed by atoms with Gasteiger partial charge in [-0.15, -0.1) is 0 Å². The minimum atomic E-state index is -0.523. The highest BCUT2D eigenvalue weighted by atomic mass is 35.5. The van der Waals surface area contributed by atoms with Crippen LogP contribution in [0.2, 0.25) is 10.0 Å². The Morgan fingerprint density at radius 2 is 1.88 bits per heavy atom. The molecule has 1 N–H and O–H groups in total. The van der Waals surface area contributed by atoms with Crippen molar-refractivity contribution >= 4 is 40.6 Å². The zero-order valence-corrected chi connectivity index (χ0v) is 14.7.